The molecule has 1 aliphatic heterocycles. The minimum Gasteiger partial charge on any atom is -0.494 e. The Bertz CT molecular complexity index is 1380. The lowest BCUT2D eigenvalue weighted by atomic mass is 9.98. The molecule has 0 aromatic heterocycles. The summed E-state index contributed by atoms with van der Waals surface area (Å²) in [6.07, 6.45) is -6.98. The molecule has 2 N–H and O–H groups in total. The van der Waals surface area contributed by atoms with Crippen LogP contribution in [0.5, 0.6) is 11.5 Å². The van der Waals surface area contributed by atoms with Gasteiger partial charge in [0.25, 0.3) is 10.0 Å². The van der Waals surface area contributed by atoms with Gasteiger partial charge in [0.15, 0.2) is 11.6 Å². The fourth-order valence-electron chi connectivity index (χ4n) is 3.86. The fraction of sp³-hybridized carbons (Fsp3) is 0.440. The minimum absolute atomic E-state index is 0.00341. The predicted octanol–water partition coefficient (Wildman–Crippen LogP) is 5.18. The van der Waals surface area contributed by atoms with Crippen LogP contribution in [0.15, 0.2) is 41.3 Å². The summed E-state index contributed by atoms with van der Waals surface area (Å²) in [6.45, 7) is 2.64. The molecule has 3 rings (SSSR count). The highest BCUT2D eigenvalue weighted by Crippen LogP contribution is 2.41. The molecule has 0 saturated carbocycles. The first-order valence-corrected chi connectivity index (χ1v) is 13.4. The first-order valence-electron chi connectivity index (χ1n) is 12.0. The van der Waals surface area contributed by atoms with E-state index in [1.165, 1.54) is 12.1 Å². The molecule has 40 heavy (non-hydrogen) atoms. The number of benzene rings is 2. The van der Waals surface area contributed by atoms with Crippen LogP contribution in [0.1, 0.15) is 33.6 Å². The second-order valence-corrected chi connectivity index (χ2v) is 11.3. The van der Waals surface area contributed by atoms with Gasteiger partial charge < -0.3 is 19.3 Å². The number of carbonyl (C=O) groups excluding carboxylic acids is 1. The van der Waals surface area contributed by atoms with Crippen molar-refractivity contribution in [2.24, 2.45) is 5.92 Å². The normalized spacial score (nSPS) is 16.4. The molecule has 10 nitrogen and oxygen atoms in total. The number of nitrogens with one attached hydrogen (secondary N) is 1. The second-order valence-electron chi connectivity index (χ2n) is 9.46. The Morgan fingerprint density at radius 1 is 1.20 bits per heavy atom. The molecule has 0 saturated heterocycles. The molecule has 0 radical (unpaired) electrons. The number of hydrogen-bond donors (Lipinski definition) is 2. The van der Waals surface area contributed by atoms with E-state index < -0.39 is 51.7 Å². The summed E-state index contributed by atoms with van der Waals surface area (Å²) in [5.41, 5.74) is -3.02. The van der Waals surface area contributed by atoms with Gasteiger partial charge in [0.05, 0.1) is 30.2 Å². The van der Waals surface area contributed by atoms with E-state index in [1.807, 2.05) is 0 Å². The molecule has 1 heterocycles. The van der Waals surface area contributed by atoms with E-state index in [0.717, 1.165) is 35.7 Å². The van der Waals surface area contributed by atoms with Crippen molar-refractivity contribution in [2.75, 3.05) is 23.3 Å². The number of carboxylic acids is 1. The number of halogens is 4. The van der Waals surface area contributed by atoms with Crippen molar-refractivity contribution < 1.29 is 54.9 Å². The Hall–Kier alpha value is -3.75. The number of carboxylic acid groups (broad SMARTS) is 1. The summed E-state index contributed by atoms with van der Waals surface area (Å²) in [5.74, 6) is -3.07. The van der Waals surface area contributed by atoms with Crippen LogP contribution in [-0.4, -0.2) is 57.1 Å². The van der Waals surface area contributed by atoms with Gasteiger partial charge in [0.1, 0.15) is 11.9 Å². The van der Waals surface area contributed by atoms with Crippen molar-refractivity contribution in [2.45, 2.75) is 56.4 Å². The number of rotatable bonds is 9. The van der Waals surface area contributed by atoms with Gasteiger partial charge >= 0.3 is 18.2 Å². The molecule has 1 aliphatic rings. The summed E-state index contributed by atoms with van der Waals surface area (Å²) in [6, 6.07) is 6.57. The van der Waals surface area contributed by atoms with Crippen molar-refractivity contribution in [3.05, 3.63) is 42.2 Å². The molecule has 15 heteroatoms. The maximum absolute atomic E-state index is 14.0. The zero-order valence-electron chi connectivity index (χ0n) is 21.9. The molecule has 2 aromatic carbocycles. The lowest BCUT2D eigenvalue weighted by molar-refractivity contribution is -0.242. The van der Waals surface area contributed by atoms with Crippen molar-refractivity contribution in [3.8, 4) is 11.5 Å². The van der Waals surface area contributed by atoms with Gasteiger partial charge in [-0.25, -0.2) is 17.6 Å². The van der Waals surface area contributed by atoms with Crippen LogP contribution in [0, 0.1) is 11.7 Å². The van der Waals surface area contributed by atoms with Crippen LogP contribution in [0.4, 0.5) is 33.7 Å². The highest BCUT2D eigenvalue weighted by Gasteiger charge is 2.51. The van der Waals surface area contributed by atoms with Gasteiger partial charge in [-0.1, -0.05) is 6.92 Å². The molecule has 220 valence electrons. The van der Waals surface area contributed by atoms with Crippen LogP contribution in [0.2, 0.25) is 0 Å². The van der Waals surface area contributed by atoms with Crippen molar-refractivity contribution >= 4 is 33.5 Å². The van der Waals surface area contributed by atoms with E-state index in [9.17, 15) is 40.7 Å². The van der Waals surface area contributed by atoms with E-state index >= 15 is 0 Å². The van der Waals surface area contributed by atoms with Gasteiger partial charge in [-0.15, -0.1) is 0 Å². The Balaban J connectivity index is 2.02. The van der Waals surface area contributed by atoms with Gasteiger partial charge in [-0.3, -0.25) is 14.4 Å². The monoisotopic (exact) mass is 592 g/mol. The van der Waals surface area contributed by atoms with E-state index in [4.69, 9.17) is 9.47 Å². The molecule has 0 spiro atoms. The molecule has 0 fully saturated rings. The number of methoxy groups -OCH3 is 1. The predicted molar refractivity (Wildman–Crippen MR) is 135 cm³/mol. The number of anilines is 2. The molecule has 2 atom stereocenters. The molecule has 2 aromatic rings. The minimum atomic E-state index is -4.85. The number of alkyl halides is 3. The number of nitrogens with zero attached hydrogens (tertiary/aromatic N) is 1. The van der Waals surface area contributed by atoms with Gasteiger partial charge in [0.2, 0.25) is 5.60 Å². The maximum atomic E-state index is 14.0. The molecule has 1 amide bonds. The average molecular weight is 593 g/mol. The summed E-state index contributed by atoms with van der Waals surface area (Å²) in [5, 5.41) is 11.6. The number of amides is 1. The summed E-state index contributed by atoms with van der Waals surface area (Å²) >= 11 is 0. The number of hydrogen-bond acceptors (Lipinski definition) is 7. The number of fused-ring (bicyclic) bond motifs is 1. The molecular weight excluding hydrogens is 564 g/mol. The Labute approximate surface area is 227 Å². The van der Waals surface area contributed by atoms with E-state index in [2.05, 4.69) is 10.1 Å². The first kappa shape index (κ1) is 30.8. The number of aliphatic carboxylic acids is 1. The lowest BCUT2D eigenvalue weighted by Crippen LogP contribution is -2.45. The third-order valence-corrected chi connectivity index (χ3v) is 8.04. The van der Waals surface area contributed by atoms with Crippen LogP contribution in [0.25, 0.3) is 0 Å². The van der Waals surface area contributed by atoms with E-state index in [-0.39, 0.29) is 47.2 Å². The van der Waals surface area contributed by atoms with Gasteiger partial charge in [-0.05, 0) is 57.0 Å². The summed E-state index contributed by atoms with van der Waals surface area (Å²) in [7, 11) is -3.29. The zero-order chi connectivity index (χ0) is 30.0. The van der Waals surface area contributed by atoms with Crippen molar-refractivity contribution in [1.82, 2.24) is 0 Å². The zero-order valence-corrected chi connectivity index (χ0v) is 22.7. The van der Waals surface area contributed by atoms with Crippen LogP contribution < -0.4 is 19.1 Å². The molecule has 2 unspecified atom stereocenters. The van der Waals surface area contributed by atoms with Crippen molar-refractivity contribution in [3.63, 3.8) is 0 Å². The standard InChI is InChI=1S/C25H28F4N2O8S/c1-5-14(22(32)33)10-16-13-31(40(35,36)17-7-8-18(26)21(12-17)37-4)19-11-15(6-9-20(19)38-16)30-23(34)39-24(2,3)25(27,28)29/h6-9,11-12,14,16H,5,10,13H2,1-4H3,(H,30,34)(H,32,33). The van der Waals surface area contributed by atoms with Crippen molar-refractivity contribution in [1.29, 1.82) is 0 Å². The quantitative estimate of drug-likeness (QED) is 0.381. The fourth-order valence-corrected chi connectivity index (χ4v) is 5.37. The SMILES string of the molecule is CCC(CC1CN(S(=O)(=O)c2ccc(F)c(OC)c2)c2cc(NC(=O)OC(C)(C)C(F)(F)F)ccc2O1)C(=O)O. The molecular formula is C25H28F4N2O8S. The maximum Gasteiger partial charge on any atom is 0.427 e. The van der Waals surface area contributed by atoms with E-state index in [0.29, 0.717) is 13.8 Å². The number of carbonyl (C=O) groups is 2. The third-order valence-electron chi connectivity index (χ3n) is 6.27. The average Bonchev–Trinajstić information content (AvgIpc) is 2.85. The number of ether oxygens (including phenoxy) is 3. The topological polar surface area (TPSA) is 131 Å². The Morgan fingerprint density at radius 3 is 2.45 bits per heavy atom. The third kappa shape index (κ3) is 6.51. The number of sulfonamides is 1. The first-order chi connectivity index (χ1) is 18.5. The lowest BCUT2D eigenvalue weighted by Gasteiger charge is -2.36. The van der Waals surface area contributed by atoms with Crippen LogP contribution in [0.3, 0.4) is 0 Å². The summed E-state index contributed by atoms with van der Waals surface area (Å²) in [4.78, 5) is 23.5. The van der Waals surface area contributed by atoms with Gasteiger partial charge in [0, 0.05) is 11.8 Å². The highest BCUT2D eigenvalue weighted by atomic mass is 32.2. The van der Waals surface area contributed by atoms with Crippen LogP contribution in [-0.2, 0) is 19.6 Å². The smallest absolute Gasteiger partial charge is 0.427 e. The summed E-state index contributed by atoms with van der Waals surface area (Å²) < 4.78 is 97.0. The largest absolute Gasteiger partial charge is 0.494 e. The van der Waals surface area contributed by atoms with Crippen LogP contribution >= 0.6 is 0 Å². The van der Waals surface area contributed by atoms with E-state index in [1.54, 1.807) is 6.92 Å². The highest BCUT2D eigenvalue weighted by molar-refractivity contribution is 7.92. The Morgan fingerprint density at radius 2 is 1.88 bits per heavy atom. The Kier molecular flexibility index (Phi) is 8.77. The van der Waals surface area contributed by atoms with Gasteiger partial charge in [-0.2, -0.15) is 13.2 Å². The second kappa shape index (κ2) is 11.4. The molecule has 0 bridgehead atoms. The molecule has 0 aliphatic carbocycles.